The van der Waals surface area contributed by atoms with Crippen molar-refractivity contribution in [2.45, 2.75) is 19.1 Å². The number of nitrogens with zero attached hydrogens (tertiary/aromatic N) is 3. The summed E-state index contributed by atoms with van der Waals surface area (Å²) in [5, 5.41) is 16.6. The molecule has 2 atom stereocenters. The number of carbonyl (C=O) groups excluding carboxylic acids is 2. The number of anilines is 1. The third-order valence-electron chi connectivity index (χ3n) is 4.55. The molecule has 0 bridgehead atoms. The first kappa shape index (κ1) is 18.1. The van der Waals surface area contributed by atoms with Gasteiger partial charge in [-0.25, -0.2) is 0 Å². The molecule has 2 N–H and O–H groups in total. The first-order valence-corrected chi connectivity index (χ1v) is 8.30. The molecule has 0 unspecified atom stereocenters. The molecule has 0 spiro atoms. The van der Waals surface area contributed by atoms with Gasteiger partial charge >= 0.3 is 0 Å². The predicted octanol–water partition coefficient (Wildman–Crippen LogP) is 0.871. The van der Waals surface area contributed by atoms with Gasteiger partial charge in [0.2, 0.25) is 5.91 Å². The smallest absolute Gasteiger partial charge is 0.273 e. The number of aliphatic hydroxyl groups is 1. The number of hydrogen-bond donors (Lipinski definition) is 2. The Labute approximate surface area is 151 Å². The maximum absolute atomic E-state index is 12.3. The molecule has 1 fully saturated rings. The highest BCUT2D eigenvalue weighted by Crippen LogP contribution is 2.29. The topological polar surface area (TPSA) is 96.7 Å². The zero-order valence-corrected chi connectivity index (χ0v) is 15.0. The summed E-state index contributed by atoms with van der Waals surface area (Å²) in [6, 6.07) is 8.46. The summed E-state index contributed by atoms with van der Waals surface area (Å²) in [5.41, 5.74) is 2.72. The van der Waals surface area contributed by atoms with Gasteiger partial charge in [-0.3, -0.25) is 14.3 Å². The lowest BCUT2D eigenvalue weighted by Gasteiger charge is -2.38. The van der Waals surface area contributed by atoms with E-state index in [1.165, 1.54) is 9.58 Å². The van der Waals surface area contributed by atoms with Crippen molar-refractivity contribution in [3.63, 3.8) is 0 Å². The van der Waals surface area contributed by atoms with Crippen LogP contribution >= 0.6 is 0 Å². The van der Waals surface area contributed by atoms with Crippen LogP contribution in [-0.2, 0) is 16.6 Å². The van der Waals surface area contributed by atoms with Gasteiger partial charge in [-0.05, 0) is 30.7 Å². The lowest BCUT2D eigenvalue weighted by atomic mass is 9.99. The van der Waals surface area contributed by atoms with Crippen molar-refractivity contribution in [1.82, 2.24) is 14.7 Å². The minimum atomic E-state index is -0.436. The second kappa shape index (κ2) is 7.27. The number of carbonyl (C=O) groups is 2. The molecule has 0 radical (unpaired) electrons. The van der Waals surface area contributed by atoms with E-state index in [2.05, 4.69) is 10.4 Å². The Hall–Kier alpha value is -2.71. The number of nitrogens with one attached hydrogen (secondary N) is 1. The van der Waals surface area contributed by atoms with Gasteiger partial charge in [0.1, 0.15) is 18.4 Å². The van der Waals surface area contributed by atoms with Gasteiger partial charge in [0, 0.05) is 19.8 Å². The average Bonchev–Trinajstić information content (AvgIpc) is 2.96. The molecule has 0 saturated carbocycles. The van der Waals surface area contributed by atoms with Crippen LogP contribution in [0.2, 0.25) is 0 Å². The number of ether oxygens (including phenoxy) is 1. The first-order chi connectivity index (χ1) is 12.4. The maximum Gasteiger partial charge on any atom is 0.273 e. The van der Waals surface area contributed by atoms with Gasteiger partial charge in [0.05, 0.1) is 18.3 Å². The van der Waals surface area contributed by atoms with E-state index in [1.807, 2.05) is 19.1 Å². The maximum atomic E-state index is 12.3. The summed E-state index contributed by atoms with van der Waals surface area (Å²) in [6.45, 7) is 1.62. The molecule has 2 aromatic rings. The van der Waals surface area contributed by atoms with E-state index >= 15 is 0 Å². The number of amides is 2. The Morgan fingerprint density at radius 3 is 2.62 bits per heavy atom. The zero-order chi connectivity index (χ0) is 18.8. The number of hydrogen-bond acceptors (Lipinski definition) is 5. The lowest BCUT2D eigenvalue weighted by molar-refractivity contribution is -0.157. The third kappa shape index (κ3) is 3.47. The van der Waals surface area contributed by atoms with E-state index in [4.69, 9.17) is 4.74 Å². The molecule has 8 heteroatoms. The molecule has 1 saturated heterocycles. The van der Waals surface area contributed by atoms with E-state index < -0.39 is 12.1 Å². The van der Waals surface area contributed by atoms with Crippen LogP contribution in [0.5, 0.6) is 0 Å². The van der Waals surface area contributed by atoms with Crippen LogP contribution in [0, 0.1) is 6.92 Å². The number of aryl methyl sites for hydroxylation is 2. The molecule has 1 aromatic carbocycles. The van der Waals surface area contributed by atoms with Crippen molar-refractivity contribution in [3.8, 4) is 0 Å². The normalized spacial score (nSPS) is 20.3. The Bertz CT molecular complexity index is 815. The van der Waals surface area contributed by atoms with Gasteiger partial charge in [-0.1, -0.05) is 12.1 Å². The van der Waals surface area contributed by atoms with E-state index in [9.17, 15) is 14.7 Å². The van der Waals surface area contributed by atoms with E-state index in [0.29, 0.717) is 11.4 Å². The molecule has 1 aromatic heterocycles. The highest BCUT2D eigenvalue weighted by molar-refractivity contribution is 6.03. The fraction of sp³-hybridized carbons (Fsp3) is 0.389. The molecule has 1 aliphatic rings. The standard InChI is InChI=1S/C18H22N4O4/c1-11-8-14(22(3)20-11)18(25)19-13-6-4-12(5-7-13)17-15(9-23)21(2)16(24)10-26-17/h4-8,15,17,23H,9-10H2,1-3H3,(H,19,25)/t15-,17-/m1/s1. The highest BCUT2D eigenvalue weighted by Gasteiger charge is 2.34. The number of aliphatic hydroxyl groups excluding tert-OH is 1. The Balaban J connectivity index is 1.73. The minimum absolute atomic E-state index is 0.0179. The van der Waals surface area contributed by atoms with Gasteiger partial charge in [-0.2, -0.15) is 5.10 Å². The van der Waals surface area contributed by atoms with Gasteiger partial charge in [0.15, 0.2) is 0 Å². The Morgan fingerprint density at radius 1 is 1.35 bits per heavy atom. The fourth-order valence-electron chi connectivity index (χ4n) is 3.07. The van der Waals surface area contributed by atoms with E-state index in [-0.39, 0.29) is 25.0 Å². The van der Waals surface area contributed by atoms with Crippen LogP contribution < -0.4 is 5.32 Å². The van der Waals surface area contributed by atoms with Gasteiger partial charge < -0.3 is 20.1 Å². The van der Waals surface area contributed by atoms with Gasteiger partial charge in [0.25, 0.3) is 5.91 Å². The average molecular weight is 358 g/mol. The second-order valence-corrected chi connectivity index (χ2v) is 6.36. The number of likely N-dealkylation sites (N-methyl/N-ethyl adjacent to an activating group) is 1. The number of benzene rings is 1. The minimum Gasteiger partial charge on any atom is -0.394 e. The lowest BCUT2D eigenvalue weighted by Crippen LogP contribution is -2.50. The third-order valence-corrected chi connectivity index (χ3v) is 4.55. The monoisotopic (exact) mass is 358 g/mol. The molecule has 2 amide bonds. The van der Waals surface area contributed by atoms with E-state index in [1.54, 1.807) is 32.3 Å². The highest BCUT2D eigenvalue weighted by atomic mass is 16.5. The summed E-state index contributed by atoms with van der Waals surface area (Å²) >= 11 is 0. The SMILES string of the molecule is Cc1cc(C(=O)Nc2ccc([C@H]3OCC(=O)N(C)[C@@H]3CO)cc2)n(C)n1. The molecule has 0 aliphatic carbocycles. The van der Waals surface area contributed by atoms with Crippen LogP contribution in [0.4, 0.5) is 5.69 Å². The van der Waals surface area contributed by atoms with Crippen LogP contribution in [0.1, 0.15) is 27.8 Å². The summed E-state index contributed by atoms with van der Waals surface area (Å²) in [5.74, 6) is -0.399. The molecular formula is C18H22N4O4. The summed E-state index contributed by atoms with van der Waals surface area (Å²) in [4.78, 5) is 25.6. The van der Waals surface area contributed by atoms with Crippen molar-refractivity contribution in [2.75, 3.05) is 25.6 Å². The van der Waals surface area contributed by atoms with Crippen LogP contribution in [0.3, 0.4) is 0 Å². The summed E-state index contributed by atoms with van der Waals surface area (Å²) in [7, 11) is 3.38. The van der Waals surface area contributed by atoms with Crippen LogP contribution in [0.15, 0.2) is 30.3 Å². The van der Waals surface area contributed by atoms with Gasteiger partial charge in [-0.15, -0.1) is 0 Å². The van der Waals surface area contributed by atoms with Crippen molar-refractivity contribution in [1.29, 1.82) is 0 Å². The number of aromatic nitrogens is 2. The Morgan fingerprint density at radius 2 is 2.04 bits per heavy atom. The molecule has 138 valence electrons. The molecular weight excluding hydrogens is 336 g/mol. The summed E-state index contributed by atoms with van der Waals surface area (Å²) in [6.07, 6.45) is -0.410. The molecule has 2 heterocycles. The second-order valence-electron chi connectivity index (χ2n) is 6.36. The van der Waals surface area contributed by atoms with Crippen molar-refractivity contribution in [2.24, 2.45) is 7.05 Å². The predicted molar refractivity (Wildman–Crippen MR) is 94.7 cm³/mol. The largest absolute Gasteiger partial charge is 0.394 e. The molecule has 1 aliphatic heterocycles. The molecule has 8 nitrogen and oxygen atoms in total. The Kier molecular flexibility index (Phi) is 5.06. The quantitative estimate of drug-likeness (QED) is 0.845. The first-order valence-electron chi connectivity index (χ1n) is 8.30. The van der Waals surface area contributed by atoms with Crippen molar-refractivity contribution < 1.29 is 19.4 Å². The number of morpholine rings is 1. The summed E-state index contributed by atoms with van der Waals surface area (Å²) < 4.78 is 7.14. The van der Waals surface area contributed by atoms with Crippen LogP contribution in [0.25, 0.3) is 0 Å². The number of rotatable bonds is 4. The zero-order valence-electron chi connectivity index (χ0n) is 15.0. The molecule has 3 rings (SSSR count). The van der Waals surface area contributed by atoms with Crippen LogP contribution in [-0.4, -0.2) is 57.9 Å². The fourth-order valence-corrected chi connectivity index (χ4v) is 3.07. The molecule has 26 heavy (non-hydrogen) atoms. The van der Waals surface area contributed by atoms with E-state index in [0.717, 1.165) is 11.3 Å². The van der Waals surface area contributed by atoms with Crippen molar-refractivity contribution >= 4 is 17.5 Å². The van der Waals surface area contributed by atoms with Crippen molar-refractivity contribution in [3.05, 3.63) is 47.3 Å².